The second-order valence-electron chi connectivity index (χ2n) is 11.4. The van der Waals surface area contributed by atoms with E-state index in [1.165, 1.54) is 18.2 Å². The van der Waals surface area contributed by atoms with Crippen molar-refractivity contribution in [1.82, 2.24) is 24.0 Å². The third kappa shape index (κ3) is 8.94. The zero-order valence-electron chi connectivity index (χ0n) is 27.6. The van der Waals surface area contributed by atoms with Crippen LogP contribution in [0.15, 0.2) is 72.1 Å². The van der Waals surface area contributed by atoms with Crippen LogP contribution in [-0.4, -0.2) is 60.6 Å². The Kier molecular flexibility index (Phi) is 11.6. The highest BCUT2D eigenvalue weighted by Crippen LogP contribution is 2.23. The van der Waals surface area contributed by atoms with E-state index in [1.54, 1.807) is 77.7 Å². The Balaban J connectivity index is 0.00000583. The normalized spacial score (nSPS) is 10.6. The minimum absolute atomic E-state index is 0. The molecule has 4 aromatic heterocycles. The summed E-state index contributed by atoms with van der Waals surface area (Å²) in [4.78, 5) is 66.8. The maximum Gasteiger partial charge on any atom is 0.272 e. The Morgan fingerprint density at radius 2 is 1.24 bits per heavy atom. The van der Waals surface area contributed by atoms with Crippen molar-refractivity contribution in [2.45, 2.75) is 6.42 Å². The maximum atomic E-state index is 13.2. The van der Waals surface area contributed by atoms with Crippen LogP contribution in [-0.2, 0) is 25.9 Å². The van der Waals surface area contributed by atoms with E-state index >= 15 is 0 Å². The van der Waals surface area contributed by atoms with Gasteiger partial charge in [-0.1, -0.05) is 6.58 Å². The first-order valence-corrected chi connectivity index (χ1v) is 15.8. The van der Waals surface area contributed by atoms with Gasteiger partial charge in [0.15, 0.2) is 0 Å². The lowest BCUT2D eigenvalue weighted by Crippen LogP contribution is -2.28. The molecule has 5 amide bonds. The fraction of sp³-hybridized carbons (Fsp3) is 0.152. The van der Waals surface area contributed by atoms with E-state index in [9.17, 15) is 24.0 Å². The molecule has 0 saturated carbocycles. The van der Waals surface area contributed by atoms with Crippen molar-refractivity contribution in [3.05, 3.63) is 94.9 Å². The highest BCUT2D eigenvalue weighted by molar-refractivity contribution is 9.12. The molecule has 0 saturated heterocycles. The summed E-state index contributed by atoms with van der Waals surface area (Å²) in [5.41, 5.74) is 8.77. The second kappa shape index (κ2) is 15.6. The number of rotatable bonds is 12. The highest BCUT2D eigenvalue weighted by Gasteiger charge is 2.20. The predicted octanol–water partition coefficient (Wildman–Crippen LogP) is 4.27. The Labute approximate surface area is 305 Å². The molecule has 0 aliphatic carbocycles. The van der Waals surface area contributed by atoms with E-state index in [4.69, 9.17) is 11.1 Å². The molecular formula is C33H35BrClN11O5. The van der Waals surface area contributed by atoms with E-state index in [-0.39, 0.29) is 64.6 Å². The number of hydrogen-bond acceptors (Lipinski definition) is 6. The molecule has 0 fully saturated rings. The van der Waals surface area contributed by atoms with Crippen LogP contribution in [0.4, 0.5) is 22.7 Å². The highest BCUT2D eigenvalue weighted by atomic mass is 79.9. The predicted molar refractivity (Wildman–Crippen MR) is 201 cm³/mol. The van der Waals surface area contributed by atoms with E-state index < -0.39 is 17.7 Å². The largest absolute Gasteiger partial charge is 0.388 e. The van der Waals surface area contributed by atoms with Gasteiger partial charge in [0.25, 0.3) is 29.5 Å². The molecule has 16 nitrogen and oxygen atoms in total. The molecule has 9 N–H and O–H groups in total. The molecule has 0 atom stereocenters. The number of hydrogen-bond donors (Lipinski definition) is 8. The number of carbonyl (C=O) groups excluding carboxylic acids is 5. The quantitative estimate of drug-likeness (QED) is 0.0524. The van der Waals surface area contributed by atoms with Crippen molar-refractivity contribution in [3.63, 3.8) is 0 Å². The first kappa shape index (κ1) is 37.7. The molecule has 51 heavy (non-hydrogen) atoms. The third-order valence-electron chi connectivity index (χ3n) is 7.54. The van der Waals surface area contributed by atoms with Gasteiger partial charge in [-0.3, -0.25) is 29.4 Å². The number of aromatic amines is 1. The molecule has 0 aliphatic rings. The number of H-pyrrole nitrogens is 1. The number of halogens is 2. The Morgan fingerprint density at radius 3 is 1.73 bits per heavy atom. The summed E-state index contributed by atoms with van der Waals surface area (Å²) in [5, 5.41) is 21.7. The van der Waals surface area contributed by atoms with E-state index in [1.807, 2.05) is 0 Å². The van der Waals surface area contributed by atoms with E-state index in [0.29, 0.717) is 39.3 Å². The van der Waals surface area contributed by atoms with Crippen molar-refractivity contribution in [3.8, 4) is 0 Å². The van der Waals surface area contributed by atoms with E-state index in [2.05, 4.69) is 54.1 Å². The minimum atomic E-state index is -0.472. The Bertz CT molecular complexity index is 2210. The first-order valence-electron chi connectivity index (χ1n) is 15.0. The molecule has 18 heteroatoms. The number of aryl methyl sites for hydroxylation is 3. The van der Waals surface area contributed by atoms with Crippen LogP contribution in [0.5, 0.6) is 0 Å². The van der Waals surface area contributed by atoms with Crippen LogP contribution in [0.2, 0.25) is 0 Å². The molecular weight excluding hydrogens is 746 g/mol. The number of benzene rings is 1. The van der Waals surface area contributed by atoms with Gasteiger partial charge in [0.2, 0.25) is 0 Å². The van der Waals surface area contributed by atoms with Crippen LogP contribution in [0.25, 0.3) is 10.9 Å². The number of amidine groups is 1. The van der Waals surface area contributed by atoms with Gasteiger partial charge in [-0.05, 0) is 58.4 Å². The SMILES string of the molecule is C=C(Br)C(=O)Nc1ccc2[nH]c(C(=O)Nc3cc(C(=O)Nc4cc(C(=O)Nc5cc(C(=O)NCCC(=N)N)n(C)c5)n(C)c4)n(C)c3)cc2c1.Cl. The molecule has 0 radical (unpaired) electrons. The van der Waals surface area contributed by atoms with Crippen molar-refractivity contribution < 1.29 is 24.0 Å². The number of aromatic nitrogens is 4. The first-order chi connectivity index (χ1) is 23.7. The summed E-state index contributed by atoms with van der Waals surface area (Å²) in [6.45, 7) is 3.76. The monoisotopic (exact) mass is 779 g/mol. The molecule has 266 valence electrons. The number of nitrogens with two attached hydrogens (primary N) is 1. The summed E-state index contributed by atoms with van der Waals surface area (Å²) in [5.74, 6) is -2.17. The average molecular weight is 781 g/mol. The molecule has 0 spiro atoms. The van der Waals surface area contributed by atoms with Crippen molar-refractivity contribution in [2.75, 3.05) is 27.8 Å². The van der Waals surface area contributed by atoms with Gasteiger partial charge in [0.1, 0.15) is 22.8 Å². The molecule has 5 aromatic rings. The summed E-state index contributed by atoms with van der Waals surface area (Å²) in [7, 11) is 4.98. The lowest BCUT2D eigenvalue weighted by atomic mass is 10.2. The Morgan fingerprint density at radius 1 is 0.745 bits per heavy atom. The van der Waals surface area contributed by atoms with Crippen molar-refractivity contribution in [1.29, 1.82) is 5.41 Å². The number of amides is 5. The van der Waals surface area contributed by atoms with Crippen LogP contribution in [0.3, 0.4) is 0 Å². The zero-order chi connectivity index (χ0) is 36.3. The second-order valence-corrected chi connectivity index (χ2v) is 12.4. The van der Waals surface area contributed by atoms with Crippen LogP contribution < -0.4 is 32.3 Å². The van der Waals surface area contributed by atoms with Crippen LogP contribution >= 0.6 is 28.3 Å². The smallest absolute Gasteiger partial charge is 0.272 e. The van der Waals surface area contributed by atoms with Crippen LogP contribution in [0, 0.1) is 5.41 Å². The average Bonchev–Trinajstić information content (AvgIpc) is 3.81. The van der Waals surface area contributed by atoms with Gasteiger partial charge in [0, 0.05) is 69.3 Å². The summed E-state index contributed by atoms with van der Waals surface area (Å²) in [6.07, 6.45) is 4.99. The standard InChI is InChI=1S/C33H34BrN11O5.ClH/c1-17(34)29(46)38-19-5-6-23-18(9-19)10-24(42-23)30(47)39-20-12-26(44(3)14-20)32(49)41-22-13-27(45(4)16-22)33(50)40-21-11-25(43(2)15-21)31(48)37-8-7-28(35)36;/h5-6,9-16,42H,1,7-8H2,2-4H3,(H3,35,36)(H,37,48)(H,38,46)(H,39,47)(H,40,50)(H,41,49);1H. The molecule has 5 rings (SSSR count). The van der Waals surface area contributed by atoms with Crippen molar-refractivity contribution in [2.24, 2.45) is 26.9 Å². The Hall–Kier alpha value is -6.07. The number of nitrogens with one attached hydrogen (secondary N) is 7. The number of carbonyl (C=O) groups is 5. The molecule has 0 aliphatic heterocycles. The minimum Gasteiger partial charge on any atom is -0.388 e. The van der Waals surface area contributed by atoms with Crippen LogP contribution in [0.1, 0.15) is 48.4 Å². The fourth-order valence-electron chi connectivity index (χ4n) is 5.10. The molecule has 1 aromatic carbocycles. The maximum absolute atomic E-state index is 13.2. The number of nitrogens with zero attached hydrogens (tertiary/aromatic N) is 3. The number of fused-ring (bicyclic) bond motifs is 1. The zero-order valence-corrected chi connectivity index (χ0v) is 30.0. The molecule has 0 bridgehead atoms. The van der Waals surface area contributed by atoms with Gasteiger partial charge in [0.05, 0.1) is 27.4 Å². The molecule has 0 unspecified atom stereocenters. The topological polar surface area (TPSA) is 226 Å². The number of anilines is 4. The van der Waals surface area contributed by atoms with Crippen molar-refractivity contribution >= 4 is 97.4 Å². The lowest BCUT2D eigenvalue weighted by Gasteiger charge is -2.04. The van der Waals surface area contributed by atoms with Gasteiger partial charge >= 0.3 is 0 Å². The van der Waals surface area contributed by atoms with Gasteiger partial charge < -0.3 is 51.0 Å². The van der Waals surface area contributed by atoms with E-state index in [0.717, 1.165) is 0 Å². The third-order valence-corrected chi connectivity index (χ3v) is 7.90. The fourth-order valence-corrected chi connectivity index (χ4v) is 5.20. The van der Waals surface area contributed by atoms with Gasteiger partial charge in [-0.15, -0.1) is 12.4 Å². The summed E-state index contributed by atoms with van der Waals surface area (Å²) >= 11 is 3.04. The molecule has 4 heterocycles. The van der Waals surface area contributed by atoms with Gasteiger partial charge in [-0.25, -0.2) is 0 Å². The lowest BCUT2D eigenvalue weighted by molar-refractivity contribution is -0.112. The summed E-state index contributed by atoms with van der Waals surface area (Å²) in [6, 6.07) is 11.4. The van der Waals surface area contributed by atoms with Gasteiger partial charge in [-0.2, -0.15) is 0 Å². The summed E-state index contributed by atoms with van der Waals surface area (Å²) < 4.78 is 4.86.